The third kappa shape index (κ3) is 4.63. The van der Waals surface area contributed by atoms with E-state index >= 15 is 0 Å². The van der Waals surface area contributed by atoms with Crippen LogP contribution in [-0.4, -0.2) is 42.5 Å². The first-order valence-electron chi connectivity index (χ1n) is 7.09. The molecule has 0 radical (unpaired) electrons. The van der Waals surface area contributed by atoms with Crippen LogP contribution in [0.3, 0.4) is 0 Å². The second kappa shape index (κ2) is 7.24. The molecular weight excluding hydrogens is 238 g/mol. The van der Waals surface area contributed by atoms with E-state index in [1.165, 1.54) is 18.4 Å². The van der Waals surface area contributed by atoms with E-state index in [-0.39, 0.29) is 5.91 Å². The quantitative estimate of drug-likeness (QED) is 0.873. The highest BCUT2D eigenvalue weighted by Crippen LogP contribution is 2.13. The lowest BCUT2D eigenvalue weighted by molar-refractivity contribution is -0.130. The minimum atomic E-state index is 0.246. The van der Waals surface area contributed by atoms with Crippen LogP contribution in [0, 0.1) is 5.92 Å². The fraction of sp³-hybridized carbons (Fsp3) is 0.600. The van der Waals surface area contributed by atoms with Gasteiger partial charge in [0.1, 0.15) is 0 Å². The Balaban J connectivity index is 1.72. The molecule has 19 heavy (non-hydrogen) atoms. The molecule has 0 bridgehead atoms. The molecule has 1 saturated heterocycles. The number of carbonyl (C=O) groups is 1. The van der Waals surface area contributed by atoms with Crippen molar-refractivity contribution in [2.24, 2.45) is 5.92 Å². The average Bonchev–Trinajstić information content (AvgIpc) is 2.47. The summed E-state index contributed by atoms with van der Waals surface area (Å²) in [6.07, 6.45) is 7.31. The lowest BCUT2D eigenvalue weighted by Crippen LogP contribution is -2.37. The molecule has 1 aromatic heterocycles. The van der Waals surface area contributed by atoms with Gasteiger partial charge >= 0.3 is 0 Å². The number of hydrogen-bond acceptors (Lipinski definition) is 3. The summed E-state index contributed by atoms with van der Waals surface area (Å²) < 4.78 is 0. The van der Waals surface area contributed by atoms with Gasteiger partial charge in [0, 0.05) is 32.4 Å². The first-order valence-corrected chi connectivity index (χ1v) is 7.09. The molecule has 0 atom stereocenters. The number of rotatable bonds is 5. The number of nitrogens with zero attached hydrogens (tertiary/aromatic N) is 2. The molecule has 1 N–H and O–H groups in total. The summed E-state index contributed by atoms with van der Waals surface area (Å²) in [7, 11) is 1.93. The van der Waals surface area contributed by atoms with Crippen molar-refractivity contribution in [1.29, 1.82) is 0 Å². The smallest absolute Gasteiger partial charge is 0.222 e. The summed E-state index contributed by atoms with van der Waals surface area (Å²) in [6, 6.07) is 3.94. The van der Waals surface area contributed by atoms with Crippen molar-refractivity contribution >= 4 is 5.91 Å². The topological polar surface area (TPSA) is 45.2 Å². The van der Waals surface area contributed by atoms with E-state index in [0.717, 1.165) is 26.1 Å². The summed E-state index contributed by atoms with van der Waals surface area (Å²) in [5.41, 5.74) is 1.18. The summed E-state index contributed by atoms with van der Waals surface area (Å²) in [5, 5.41) is 3.35. The Kier molecular flexibility index (Phi) is 5.33. The Morgan fingerprint density at radius 2 is 2.05 bits per heavy atom. The van der Waals surface area contributed by atoms with Crippen molar-refractivity contribution < 1.29 is 4.79 Å². The Morgan fingerprint density at radius 1 is 1.37 bits per heavy atom. The zero-order valence-corrected chi connectivity index (χ0v) is 11.6. The van der Waals surface area contributed by atoms with Gasteiger partial charge in [0.2, 0.25) is 5.91 Å². The number of aromatic nitrogens is 1. The number of nitrogens with one attached hydrogen (secondary N) is 1. The van der Waals surface area contributed by atoms with E-state index in [4.69, 9.17) is 0 Å². The zero-order chi connectivity index (χ0) is 13.5. The maximum atomic E-state index is 12.1. The number of aryl methyl sites for hydroxylation is 1. The van der Waals surface area contributed by atoms with E-state index in [0.29, 0.717) is 12.3 Å². The number of piperidine rings is 1. The third-order valence-corrected chi connectivity index (χ3v) is 3.79. The largest absolute Gasteiger partial charge is 0.345 e. The van der Waals surface area contributed by atoms with Crippen LogP contribution < -0.4 is 5.32 Å². The Labute approximate surface area is 115 Å². The van der Waals surface area contributed by atoms with Crippen molar-refractivity contribution in [2.45, 2.75) is 25.7 Å². The second-order valence-corrected chi connectivity index (χ2v) is 5.32. The van der Waals surface area contributed by atoms with Crippen LogP contribution in [0.15, 0.2) is 24.5 Å². The van der Waals surface area contributed by atoms with Gasteiger partial charge in [-0.2, -0.15) is 0 Å². The number of hydrogen-bond donors (Lipinski definition) is 1. The van der Waals surface area contributed by atoms with Crippen LogP contribution >= 0.6 is 0 Å². The van der Waals surface area contributed by atoms with Crippen molar-refractivity contribution in [2.75, 3.05) is 26.7 Å². The van der Waals surface area contributed by atoms with E-state index in [9.17, 15) is 4.79 Å². The van der Waals surface area contributed by atoms with Crippen LogP contribution in [0.5, 0.6) is 0 Å². The van der Waals surface area contributed by atoms with Gasteiger partial charge in [-0.3, -0.25) is 9.78 Å². The lowest BCUT2D eigenvalue weighted by atomic mass is 9.97. The highest BCUT2D eigenvalue weighted by Gasteiger charge is 2.17. The summed E-state index contributed by atoms with van der Waals surface area (Å²) in [4.78, 5) is 18.0. The van der Waals surface area contributed by atoms with Gasteiger partial charge in [-0.15, -0.1) is 0 Å². The van der Waals surface area contributed by atoms with Gasteiger partial charge in [0.05, 0.1) is 0 Å². The zero-order valence-electron chi connectivity index (χ0n) is 11.6. The third-order valence-electron chi connectivity index (χ3n) is 3.79. The van der Waals surface area contributed by atoms with Crippen LogP contribution in [-0.2, 0) is 11.2 Å². The number of carbonyl (C=O) groups excluding carboxylic acids is 1. The molecule has 0 aliphatic carbocycles. The molecule has 4 nitrogen and oxygen atoms in total. The fourth-order valence-corrected chi connectivity index (χ4v) is 2.54. The van der Waals surface area contributed by atoms with Gasteiger partial charge in [0.15, 0.2) is 0 Å². The molecule has 0 spiro atoms. The summed E-state index contributed by atoms with van der Waals surface area (Å²) >= 11 is 0. The molecule has 2 rings (SSSR count). The van der Waals surface area contributed by atoms with Crippen LogP contribution in [0.25, 0.3) is 0 Å². The first kappa shape index (κ1) is 14.0. The standard InChI is InChI=1S/C15H23N3O/c1-18(12-14-6-10-17-11-7-14)15(19)3-2-13-4-8-16-9-5-13/h4-5,8-9,14,17H,2-3,6-7,10-12H2,1H3. The summed E-state index contributed by atoms with van der Waals surface area (Å²) in [6.45, 7) is 3.07. The Morgan fingerprint density at radius 3 is 2.74 bits per heavy atom. The molecule has 1 aliphatic heterocycles. The van der Waals surface area contributed by atoms with Crippen LogP contribution in [0.4, 0.5) is 0 Å². The minimum Gasteiger partial charge on any atom is -0.345 e. The second-order valence-electron chi connectivity index (χ2n) is 5.32. The monoisotopic (exact) mass is 261 g/mol. The summed E-state index contributed by atoms with van der Waals surface area (Å²) in [5.74, 6) is 0.909. The van der Waals surface area contributed by atoms with E-state index < -0.39 is 0 Å². The van der Waals surface area contributed by atoms with Gasteiger partial charge < -0.3 is 10.2 Å². The Bertz CT molecular complexity index is 388. The van der Waals surface area contributed by atoms with Gasteiger partial charge in [-0.1, -0.05) is 0 Å². The molecule has 1 amide bonds. The van der Waals surface area contributed by atoms with Crippen molar-refractivity contribution in [3.05, 3.63) is 30.1 Å². The lowest BCUT2D eigenvalue weighted by Gasteiger charge is -2.27. The number of amides is 1. The van der Waals surface area contributed by atoms with Gasteiger partial charge in [0.25, 0.3) is 0 Å². The van der Waals surface area contributed by atoms with Crippen LogP contribution in [0.1, 0.15) is 24.8 Å². The minimum absolute atomic E-state index is 0.246. The first-order chi connectivity index (χ1) is 9.25. The molecule has 1 aliphatic rings. The van der Waals surface area contributed by atoms with Crippen molar-refractivity contribution in [3.8, 4) is 0 Å². The van der Waals surface area contributed by atoms with Crippen molar-refractivity contribution in [1.82, 2.24) is 15.2 Å². The predicted octanol–water partition coefficient (Wildman–Crippen LogP) is 1.47. The van der Waals surface area contributed by atoms with Crippen molar-refractivity contribution in [3.63, 3.8) is 0 Å². The molecule has 104 valence electrons. The molecular formula is C15H23N3O. The Hall–Kier alpha value is -1.42. The van der Waals surface area contributed by atoms with Crippen LogP contribution in [0.2, 0.25) is 0 Å². The van der Waals surface area contributed by atoms with Gasteiger partial charge in [-0.05, 0) is 56.0 Å². The SMILES string of the molecule is CN(CC1CCNCC1)C(=O)CCc1ccncc1. The molecule has 1 aromatic rings. The van der Waals surface area contributed by atoms with Gasteiger partial charge in [-0.25, -0.2) is 0 Å². The van der Waals surface area contributed by atoms with E-state index in [2.05, 4.69) is 10.3 Å². The molecule has 2 heterocycles. The highest BCUT2D eigenvalue weighted by atomic mass is 16.2. The highest BCUT2D eigenvalue weighted by molar-refractivity contribution is 5.76. The average molecular weight is 261 g/mol. The maximum Gasteiger partial charge on any atom is 0.222 e. The van der Waals surface area contributed by atoms with E-state index in [1.807, 2.05) is 24.1 Å². The normalized spacial score (nSPS) is 16.3. The molecule has 4 heteroatoms. The molecule has 0 saturated carbocycles. The molecule has 0 unspecified atom stereocenters. The molecule has 1 fully saturated rings. The molecule has 0 aromatic carbocycles. The number of pyridine rings is 1. The van der Waals surface area contributed by atoms with E-state index in [1.54, 1.807) is 12.4 Å². The fourth-order valence-electron chi connectivity index (χ4n) is 2.54. The predicted molar refractivity (Wildman–Crippen MR) is 75.8 cm³/mol. The maximum absolute atomic E-state index is 12.1.